The van der Waals surface area contributed by atoms with Crippen LogP contribution in [0.15, 0.2) is 24.3 Å². The van der Waals surface area contributed by atoms with Gasteiger partial charge in [0.2, 0.25) is 0 Å². The molecular formula is C15H22FN. The van der Waals surface area contributed by atoms with Crippen LogP contribution >= 0.6 is 0 Å². The van der Waals surface area contributed by atoms with Crippen molar-refractivity contribution in [3.63, 3.8) is 0 Å². The Kier molecular flexibility index (Phi) is 4.99. The highest BCUT2D eigenvalue weighted by Gasteiger charge is 2.13. The molecule has 1 saturated heterocycles. The van der Waals surface area contributed by atoms with Gasteiger partial charge in [-0.2, -0.15) is 0 Å². The highest BCUT2D eigenvalue weighted by Crippen LogP contribution is 2.17. The summed E-state index contributed by atoms with van der Waals surface area (Å²) in [5.74, 6) is 0.792. The molecule has 1 unspecified atom stereocenters. The first-order valence-electron chi connectivity index (χ1n) is 6.73. The minimum absolute atomic E-state index is 0.213. The van der Waals surface area contributed by atoms with Crippen molar-refractivity contribution in [3.05, 3.63) is 35.4 Å². The predicted octanol–water partition coefficient (Wildman–Crippen LogP) is 3.13. The van der Waals surface area contributed by atoms with E-state index in [0.717, 1.165) is 18.9 Å². The molecule has 1 nitrogen and oxygen atoms in total. The second-order valence-corrected chi connectivity index (χ2v) is 5.03. The summed E-state index contributed by atoms with van der Waals surface area (Å²) in [6.45, 7) is 2.12. The van der Waals surface area contributed by atoms with Crippen molar-refractivity contribution in [1.82, 2.24) is 5.32 Å². The number of hydrogen-bond donors (Lipinski definition) is 1. The maximum Gasteiger partial charge on any atom is 0.0897 e. The Bertz CT molecular complexity index is 314. The van der Waals surface area contributed by atoms with Crippen LogP contribution in [0.5, 0.6) is 0 Å². The summed E-state index contributed by atoms with van der Waals surface area (Å²) in [4.78, 5) is 0. The Morgan fingerprint density at radius 2 is 1.94 bits per heavy atom. The molecule has 1 fully saturated rings. The number of nitrogens with one attached hydrogen (secondary N) is 1. The van der Waals surface area contributed by atoms with Gasteiger partial charge in [0, 0.05) is 0 Å². The Morgan fingerprint density at radius 1 is 1.18 bits per heavy atom. The van der Waals surface area contributed by atoms with Crippen LogP contribution in [0.1, 0.15) is 30.4 Å². The van der Waals surface area contributed by atoms with Crippen molar-refractivity contribution in [2.45, 2.75) is 32.1 Å². The minimum Gasteiger partial charge on any atom is -0.316 e. The third kappa shape index (κ3) is 4.12. The molecule has 0 radical (unpaired) electrons. The molecule has 1 heterocycles. The molecule has 1 aliphatic rings. The van der Waals surface area contributed by atoms with Crippen LogP contribution in [0.3, 0.4) is 0 Å². The fraction of sp³-hybridized carbons (Fsp3) is 0.600. The van der Waals surface area contributed by atoms with Crippen molar-refractivity contribution < 1.29 is 4.39 Å². The van der Waals surface area contributed by atoms with Gasteiger partial charge >= 0.3 is 0 Å². The molecule has 0 bridgehead atoms. The summed E-state index contributed by atoms with van der Waals surface area (Å²) in [7, 11) is 0. The predicted molar refractivity (Wildman–Crippen MR) is 70.0 cm³/mol. The molecule has 17 heavy (non-hydrogen) atoms. The molecule has 1 atom stereocenters. The monoisotopic (exact) mass is 235 g/mol. The summed E-state index contributed by atoms with van der Waals surface area (Å²) in [5, 5.41) is 3.45. The molecule has 1 aromatic rings. The van der Waals surface area contributed by atoms with E-state index in [4.69, 9.17) is 0 Å². The van der Waals surface area contributed by atoms with Crippen molar-refractivity contribution in [2.75, 3.05) is 19.8 Å². The highest BCUT2D eigenvalue weighted by molar-refractivity contribution is 5.23. The summed E-state index contributed by atoms with van der Waals surface area (Å²) >= 11 is 0. The zero-order valence-electron chi connectivity index (χ0n) is 10.4. The summed E-state index contributed by atoms with van der Waals surface area (Å²) < 4.78 is 12.1. The molecule has 1 aromatic carbocycles. The van der Waals surface area contributed by atoms with E-state index < -0.39 is 0 Å². The quantitative estimate of drug-likeness (QED) is 0.826. The smallest absolute Gasteiger partial charge is 0.0897 e. The molecule has 0 amide bonds. The molecule has 2 heteroatoms. The van der Waals surface area contributed by atoms with Gasteiger partial charge in [0.05, 0.1) is 6.67 Å². The maximum absolute atomic E-state index is 12.1. The Hall–Kier alpha value is -0.890. The number of alkyl halides is 1. The van der Waals surface area contributed by atoms with Crippen LogP contribution in [0.4, 0.5) is 4.39 Å². The van der Waals surface area contributed by atoms with Crippen LogP contribution in [0.25, 0.3) is 0 Å². The van der Waals surface area contributed by atoms with Crippen LogP contribution in [0.2, 0.25) is 0 Å². The fourth-order valence-corrected chi connectivity index (χ4v) is 2.54. The van der Waals surface area contributed by atoms with E-state index in [1.165, 1.54) is 36.9 Å². The van der Waals surface area contributed by atoms with Crippen LogP contribution < -0.4 is 5.32 Å². The van der Waals surface area contributed by atoms with Gasteiger partial charge in [-0.25, -0.2) is 0 Å². The first-order valence-corrected chi connectivity index (χ1v) is 6.73. The van der Waals surface area contributed by atoms with E-state index in [2.05, 4.69) is 29.6 Å². The minimum atomic E-state index is -0.213. The van der Waals surface area contributed by atoms with Crippen LogP contribution in [-0.2, 0) is 12.8 Å². The number of aryl methyl sites for hydroxylation is 1. The lowest BCUT2D eigenvalue weighted by molar-refractivity contribution is 0.376. The number of benzene rings is 1. The lowest BCUT2D eigenvalue weighted by atomic mass is 9.92. The van der Waals surface area contributed by atoms with E-state index in [1.54, 1.807) is 0 Å². The average molecular weight is 235 g/mol. The molecule has 1 N–H and O–H groups in total. The fourth-order valence-electron chi connectivity index (χ4n) is 2.54. The van der Waals surface area contributed by atoms with Gasteiger partial charge in [-0.1, -0.05) is 24.3 Å². The van der Waals surface area contributed by atoms with Crippen LogP contribution in [0, 0.1) is 5.92 Å². The van der Waals surface area contributed by atoms with E-state index >= 15 is 0 Å². The van der Waals surface area contributed by atoms with Crippen molar-refractivity contribution in [1.29, 1.82) is 0 Å². The van der Waals surface area contributed by atoms with Gasteiger partial charge in [-0.05, 0) is 62.2 Å². The number of rotatable bonds is 5. The Balaban J connectivity index is 1.84. The van der Waals surface area contributed by atoms with E-state index in [-0.39, 0.29) is 6.67 Å². The standard InChI is InChI=1S/C15H22FN/c16-9-1-3-13-5-7-14(8-6-13)11-15-4-2-10-17-12-15/h5-8,15,17H,1-4,9-12H2. The number of hydrogen-bond acceptors (Lipinski definition) is 1. The Morgan fingerprint density at radius 3 is 2.59 bits per heavy atom. The SMILES string of the molecule is FCCCc1ccc(CC2CCCNC2)cc1. The number of halogens is 1. The first kappa shape index (κ1) is 12.6. The molecule has 0 aromatic heterocycles. The van der Waals surface area contributed by atoms with Gasteiger partial charge in [-0.15, -0.1) is 0 Å². The topological polar surface area (TPSA) is 12.0 Å². The molecule has 1 aliphatic heterocycles. The zero-order valence-corrected chi connectivity index (χ0v) is 10.4. The molecule has 0 spiro atoms. The summed E-state index contributed by atoms with van der Waals surface area (Å²) in [6, 6.07) is 8.73. The molecule has 0 saturated carbocycles. The molecule has 0 aliphatic carbocycles. The van der Waals surface area contributed by atoms with E-state index in [9.17, 15) is 4.39 Å². The second kappa shape index (κ2) is 6.75. The average Bonchev–Trinajstić information content (AvgIpc) is 2.39. The van der Waals surface area contributed by atoms with Gasteiger partial charge < -0.3 is 5.32 Å². The van der Waals surface area contributed by atoms with E-state index in [1.807, 2.05) is 0 Å². The largest absolute Gasteiger partial charge is 0.316 e. The van der Waals surface area contributed by atoms with E-state index in [0.29, 0.717) is 6.42 Å². The number of piperidine rings is 1. The van der Waals surface area contributed by atoms with Crippen LogP contribution in [-0.4, -0.2) is 19.8 Å². The van der Waals surface area contributed by atoms with Crippen molar-refractivity contribution >= 4 is 0 Å². The van der Waals surface area contributed by atoms with Gasteiger partial charge in [0.1, 0.15) is 0 Å². The maximum atomic E-state index is 12.1. The lowest BCUT2D eigenvalue weighted by Crippen LogP contribution is -2.30. The van der Waals surface area contributed by atoms with Gasteiger partial charge in [0.15, 0.2) is 0 Å². The third-order valence-corrected chi connectivity index (χ3v) is 3.55. The lowest BCUT2D eigenvalue weighted by Gasteiger charge is -2.22. The third-order valence-electron chi connectivity index (χ3n) is 3.55. The summed E-state index contributed by atoms with van der Waals surface area (Å²) in [5.41, 5.74) is 2.68. The molecule has 2 rings (SSSR count). The zero-order chi connectivity index (χ0) is 11.9. The first-order chi connectivity index (χ1) is 8.38. The van der Waals surface area contributed by atoms with Crippen molar-refractivity contribution in [2.24, 2.45) is 5.92 Å². The van der Waals surface area contributed by atoms with Crippen molar-refractivity contribution in [3.8, 4) is 0 Å². The van der Waals surface area contributed by atoms with Gasteiger partial charge in [0.25, 0.3) is 0 Å². The second-order valence-electron chi connectivity index (χ2n) is 5.03. The molecular weight excluding hydrogens is 213 g/mol. The van der Waals surface area contributed by atoms with Gasteiger partial charge in [-0.3, -0.25) is 4.39 Å². The normalized spacial score (nSPS) is 20.4. The summed E-state index contributed by atoms with van der Waals surface area (Å²) in [6.07, 6.45) is 5.33. The molecule has 94 valence electrons. The Labute approximate surface area is 103 Å². The highest BCUT2D eigenvalue weighted by atomic mass is 19.1.